The highest BCUT2D eigenvalue weighted by atomic mass is 32.1. The van der Waals surface area contributed by atoms with Crippen LogP contribution in [0.2, 0.25) is 0 Å². The van der Waals surface area contributed by atoms with Gasteiger partial charge in [0.05, 0.1) is 0 Å². The third-order valence-corrected chi connectivity index (χ3v) is 4.22. The summed E-state index contributed by atoms with van der Waals surface area (Å²) in [5.41, 5.74) is 3.77. The smallest absolute Gasteiger partial charge is 0.189 e. The molecule has 0 aliphatic carbocycles. The molecule has 0 spiro atoms. The van der Waals surface area contributed by atoms with Crippen molar-refractivity contribution in [3.63, 3.8) is 0 Å². The van der Waals surface area contributed by atoms with Crippen LogP contribution in [0.25, 0.3) is 0 Å². The van der Waals surface area contributed by atoms with Gasteiger partial charge in [0, 0.05) is 30.4 Å². The summed E-state index contributed by atoms with van der Waals surface area (Å²) in [5.74, 6) is 0. The van der Waals surface area contributed by atoms with E-state index in [-0.39, 0.29) is 0 Å². The Hall–Kier alpha value is -1.39. The van der Waals surface area contributed by atoms with Crippen molar-refractivity contribution in [1.29, 1.82) is 0 Å². The van der Waals surface area contributed by atoms with Crippen LogP contribution in [0.15, 0.2) is 24.4 Å². The number of aryl methyl sites for hydroxylation is 2. The van der Waals surface area contributed by atoms with Gasteiger partial charge in [0.1, 0.15) is 0 Å². The van der Waals surface area contributed by atoms with Crippen LogP contribution < -0.4 is 10.2 Å². The fourth-order valence-electron chi connectivity index (χ4n) is 2.18. The lowest BCUT2D eigenvalue weighted by Crippen LogP contribution is -2.12. The number of aromatic nitrogens is 1. The van der Waals surface area contributed by atoms with E-state index in [1.807, 2.05) is 6.20 Å². The minimum atomic E-state index is 0.909. The van der Waals surface area contributed by atoms with Crippen LogP contribution in [0.4, 0.5) is 10.8 Å². The van der Waals surface area contributed by atoms with Gasteiger partial charge in [-0.25, -0.2) is 4.98 Å². The van der Waals surface area contributed by atoms with E-state index in [2.05, 4.69) is 61.2 Å². The Balaban J connectivity index is 2.10. The summed E-state index contributed by atoms with van der Waals surface area (Å²) in [5, 5.41) is 4.46. The Morgan fingerprint density at radius 2 is 1.90 bits per heavy atom. The lowest BCUT2D eigenvalue weighted by atomic mass is 10.1. The van der Waals surface area contributed by atoms with Crippen molar-refractivity contribution < 1.29 is 0 Å². The first kappa shape index (κ1) is 15.0. The first-order chi connectivity index (χ1) is 9.60. The first-order valence-electron chi connectivity index (χ1n) is 7.07. The molecule has 0 radical (unpaired) electrons. The topological polar surface area (TPSA) is 28.2 Å². The standard InChI is InChI=1S/C16H23N3S/c1-5-6-17-10-15-11-18-16(20-15)19(4)14-8-12(2)7-13(3)9-14/h7-9,11,17H,5-6,10H2,1-4H3. The number of hydrogen-bond acceptors (Lipinski definition) is 4. The molecule has 1 heterocycles. The number of hydrogen-bond donors (Lipinski definition) is 1. The van der Waals surface area contributed by atoms with E-state index in [1.165, 1.54) is 21.7 Å². The maximum Gasteiger partial charge on any atom is 0.189 e. The number of benzene rings is 1. The number of nitrogens with zero attached hydrogens (tertiary/aromatic N) is 2. The SMILES string of the molecule is CCCNCc1cnc(N(C)c2cc(C)cc(C)c2)s1. The first-order valence-corrected chi connectivity index (χ1v) is 7.89. The minimum Gasteiger partial charge on any atom is -0.321 e. The summed E-state index contributed by atoms with van der Waals surface area (Å²) >= 11 is 1.75. The second-order valence-corrected chi connectivity index (χ2v) is 6.28. The van der Waals surface area contributed by atoms with Gasteiger partial charge in [-0.1, -0.05) is 13.0 Å². The van der Waals surface area contributed by atoms with Gasteiger partial charge in [0.2, 0.25) is 0 Å². The van der Waals surface area contributed by atoms with Gasteiger partial charge < -0.3 is 10.2 Å². The van der Waals surface area contributed by atoms with Crippen LogP contribution in [0, 0.1) is 13.8 Å². The highest BCUT2D eigenvalue weighted by Gasteiger charge is 2.09. The van der Waals surface area contributed by atoms with Gasteiger partial charge >= 0.3 is 0 Å². The van der Waals surface area contributed by atoms with Crippen molar-refractivity contribution in [1.82, 2.24) is 10.3 Å². The van der Waals surface area contributed by atoms with E-state index in [1.54, 1.807) is 11.3 Å². The summed E-state index contributed by atoms with van der Waals surface area (Å²) < 4.78 is 0. The van der Waals surface area contributed by atoms with Crippen LogP contribution in [0.5, 0.6) is 0 Å². The molecule has 0 saturated carbocycles. The Bertz CT molecular complexity index is 542. The minimum absolute atomic E-state index is 0.909. The summed E-state index contributed by atoms with van der Waals surface area (Å²) in [6, 6.07) is 6.59. The Morgan fingerprint density at radius 1 is 1.20 bits per heavy atom. The van der Waals surface area contributed by atoms with E-state index >= 15 is 0 Å². The summed E-state index contributed by atoms with van der Waals surface area (Å²) in [7, 11) is 2.08. The zero-order chi connectivity index (χ0) is 14.5. The third kappa shape index (κ3) is 3.81. The molecule has 1 N–H and O–H groups in total. The van der Waals surface area contributed by atoms with Gasteiger partial charge in [-0.3, -0.25) is 0 Å². The molecular formula is C16H23N3S. The van der Waals surface area contributed by atoms with Crippen molar-refractivity contribution in [3.05, 3.63) is 40.4 Å². The van der Waals surface area contributed by atoms with Crippen LogP contribution in [-0.2, 0) is 6.54 Å². The molecule has 0 fully saturated rings. The van der Waals surface area contributed by atoms with E-state index in [0.717, 1.165) is 24.6 Å². The molecular weight excluding hydrogens is 266 g/mol. The molecule has 4 heteroatoms. The average Bonchev–Trinajstić information content (AvgIpc) is 2.86. The maximum atomic E-state index is 4.54. The number of rotatable bonds is 6. The monoisotopic (exact) mass is 289 g/mol. The molecule has 1 aromatic carbocycles. The molecule has 2 rings (SSSR count). The summed E-state index contributed by atoms with van der Waals surface area (Å²) in [4.78, 5) is 7.98. The van der Waals surface area contributed by atoms with Gasteiger partial charge in [-0.15, -0.1) is 11.3 Å². The number of thiazole rings is 1. The molecule has 0 unspecified atom stereocenters. The highest BCUT2D eigenvalue weighted by Crippen LogP contribution is 2.29. The molecule has 20 heavy (non-hydrogen) atoms. The van der Waals surface area contributed by atoms with Crippen molar-refractivity contribution in [2.24, 2.45) is 0 Å². The van der Waals surface area contributed by atoms with Gasteiger partial charge in [-0.2, -0.15) is 0 Å². The zero-order valence-corrected chi connectivity index (χ0v) is 13.5. The predicted octanol–water partition coefficient (Wildman–Crippen LogP) is 4.03. The van der Waals surface area contributed by atoms with Crippen LogP contribution >= 0.6 is 11.3 Å². The van der Waals surface area contributed by atoms with Crippen LogP contribution in [-0.4, -0.2) is 18.6 Å². The molecule has 2 aromatic rings. The average molecular weight is 289 g/mol. The van der Waals surface area contributed by atoms with Crippen molar-refractivity contribution in [2.75, 3.05) is 18.5 Å². The fraction of sp³-hybridized carbons (Fsp3) is 0.438. The quantitative estimate of drug-likeness (QED) is 0.814. The normalized spacial score (nSPS) is 10.8. The van der Waals surface area contributed by atoms with E-state index in [4.69, 9.17) is 0 Å². The Labute approximate surface area is 125 Å². The van der Waals surface area contributed by atoms with Crippen LogP contribution in [0.1, 0.15) is 29.3 Å². The zero-order valence-electron chi connectivity index (χ0n) is 12.7. The molecule has 3 nitrogen and oxygen atoms in total. The largest absolute Gasteiger partial charge is 0.321 e. The second kappa shape index (κ2) is 6.86. The molecule has 108 valence electrons. The number of anilines is 2. The Morgan fingerprint density at radius 3 is 2.55 bits per heavy atom. The van der Waals surface area contributed by atoms with E-state index in [0.29, 0.717) is 0 Å². The second-order valence-electron chi connectivity index (χ2n) is 5.19. The van der Waals surface area contributed by atoms with Crippen molar-refractivity contribution in [3.8, 4) is 0 Å². The van der Waals surface area contributed by atoms with Crippen molar-refractivity contribution in [2.45, 2.75) is 33.7 Å². The maximum absolute atomic E-state index is 4.54. The molecule has 0 aliphatic rings. The predicted molar refractivity (Wildman–Crippen MR) is 88.1 cm³/mol. The Kier molecular flexibility index (Phi) is 5.15. The van der Waals surface area contributed by atoms with Gasteiger partial charge in [-0.05, 0) is 50.1 Å². The number of nitrogens with one attached hydrogen (secondary N) is 1. The van der Waals surface area contributed by atoms with Crippen LogP contribution in [0.3, 0.4) is 0 Å². The molecule has 0 bridgehead atoms. The lowest BCUT2D eigenvalue weighted by molar-refractivity contribution is 0.681. The van der Waals surface area contributed by atoms with Crippen molar-refractivity contribution >= 4 is 22.2 Å². The molecule has 0 amide bonds. The third-order valence-electron chi connectivity index (χ3n) is 3.15. The van der Waals surface area contributed by atoms with E-state index in [9.17, 15) is 0 Å². The molecule has 1 aromatic heterocycles. The van der Waals surface area contributed by atoms with E-state index < -0.39 is 0 Å². The van der Waals surface area contributed by atoms with Gasteiger partial charge in [0.15, 0.2) is 5.13 Å². The summed E-state index contributed by atoms with van der Waals surface area (Å²) in [6.45, 7) is 8.41. The molecule has 0 aliphatic heterocycles. The highest BCUT2D eigenvalue weighted by molar-refractivity contribution is 7.15. The fourth-order valence-corrected chi connectivity index (χ4v) is 3.04. The molecule has 0 saturated heterocycles. The lowest BCUT2D eigenvalue weighted by Gasteiger charge is -2.17. The summed E-state index contributed by atoms with van der Waals surface area (Å²) in [6.07, 6.45) is 3.13. The van der Waals surface area contributed by atoms with Gasteiger partial charge in [0.25, 0.3) is 0 Å². The molecule has 0 atom stereocenters.